The number of nitrogens with one attached hydrogen (secondary N) is 3. The Morgan fingerprint density at radius 1 is 0.720 bits per heavy atom. The van der Waals surface area contributed by atoms with Crippen LogP contribution in [0.1, 0.15) is 18.1 Å². The van der Waals surface area contributed by atoms with E-state index in [1.165, 1.54) is 6.92 Å². The molecule has 0 aliphatic carbocycles. The highest BCUT2D eigenvalue weighted by molar-refractivity contribution is 5.92. The van der Waals surface area contributed by atoms with Crippen LogP contribution >= 0.6 is 0 Å². The van der Waals surface area contributed by atoms with Gasteiger partial charge in [-0.2, -0.15) is 0 Å². The smallest absolute Gasteiger partial charge is 0.228 e. The van der Waals surface area contributed by atoms with E-state index in [0.717, 1.165) is 11.1 Å². The zero-order chi connectivity index (χ0) is 18.2. The van der Waals surface area contributed by atoms with Gasteiger partial charge in [0.05, 0.1) is 12.8 Å². The fourth-order valence-corrected chi connectivity index (χ4v) is 2.28. The van der Waals surface area contributed by atoms with Crippen LogP contribution in [0.25, 0.3) is 0 Å². The van der Waals surface area contributed by atoms with Gasteiger partial charge in [-0.3, -0.25) is 14.4 Å². The molecule has 2 aromatic rings. The minimum absolute atomic E-state index is 0.0560. The molecule has 6 nitrogen and oxygen atoms in total. The Labute approximate surface area is 146 Å². The van der Waals surface area contributed by atoms with Crippen LogP contribution in [-0.4, -0.2) is 24.8 Å². The summed E-state index contributed by atoms with van der Waals surface area (Å²) < 4.78 is 0. The molecule has 2 rings (SSSR count). The van der Waals surface area contributed by atoms with Crippen molar-refractivity contribution in [3.8, 4) is 0 Å². The first kappa shape index (κ1) is 18.2. The van der Waals surface area contributed by atoms with Gasteiger partial charge in [0.25, 0.3) is 0 Å². The monoisotopic (exact) mass is 339 g/mol. The van der Waals surface area contributed by atoms with Crippen molar-refractivity contribution in [1.29, 1.82) is 0 Å². The first-order valence-corrected chi connectivity index (χ1v) is 7.92. The predicted octanol–water partition coefficient (Wildman–Crippen LogP) is 2.11. The fraction of sp³-hybridized carbons (Fsp3) is 0.211. The van der Waals surface area contributed by atoms with Crippen molar-refractivity contribution in [3.63, 3.8) is 0 Å². The SMILES string of the molecule is CNC(=O)Cc1ccc(NC(=O)Cc2ccc(NC(C)=O)cc2)cc1. The van der Waals surface area contributed by atoms with Gasteiger partial charge in [0.2, 0.25) is 17.7 Å². The lowest BCUT2D eigenvalue weighted by atomic mass is 10.1. The number of amides is 3. The Kier molecular flexibility index (Phi) is 6.28. The van der Waals surface area contributed by atoms with Crippen molar-refractivity contribution in [1.82, 2.24) is 5.32 Å². The molecule has 0 saturated heterocycles. The molecule has 6 heteroatoms. The summed E-state index contributed by atoms with van der Waals surface area (Å²) in [7, 11) is 1.60. The number of rotatable bonds is 6. The summed E-state index contributed by atoms with van der Waals surface area (Å²) in [6, 6.07) is 14.3. The molecule has 0 heterocycles. The normalized spacial score (nSPS) is 10.0. The second-order valence-corrected chi connectivity index (χ2v) is 5.65. The summed E-state index contributed by atoms with van der Waals surface area (Å²) in [6.07, 6.45) is 0.547. The van der Waals surface area contributed by atoms with Gasteiger partial charge < -0.3 is 16.0 Å². The van der Waals surface area contributed by atoms with Gasteiger partial charge in [-0.15, -0.1) is 0 Å². The Hall–Kier alpha value is -3.15. The Morgan fingerprint density at radius 2 is 1.16 bits per heavy atom. The average molecular weight is 339 g/mol. The average Bonchev–Trinajstić information content (AvgIpc) is 2.58. The summed E-state index contributed by atoms with van der Waals surface area (Å²) in [4.78, 5) is 34.4. The zero-order valence-corrected chi connectivity index (χ0v) is 14.3. The molecule has 0 unspecified atom stereocenters. The highest BCUT2D eigenvalue weighted by Crippen LogP contribution is 2.13. The molecule has 0 atom stereocenters. The molecule has 0 aromatic heterocycles. The van der Waals surface area contributed by atoms with Gasteiger partial charge in [0, 0.05) is 25.3 Å². The van der Waals surface area contributed by atoms with Crippen LogP contribution < -0.4 is 16.0 Å². The van der Waals surface area contributed by atoms with E-state index >= 15 is 0 Å². The standard InChI is InChI=1S/C19H21N3O3/c1-13(23)21-16-7-3-15(4-8-16)12-19(25)22-17-9-5-14(6-10-17)11-18(24)20-2/h3-10H,11-12H2,1-2H3,(H,20,24)(H,21,23)(H,22,25). The van der Waals surface area contributed by atoms with E-state index in [4.69, 9.17) is 0 Å². The van der Waals surface area contributed by atoms with Crippen LogP contribution in [0.2, 0.25) is 0 Å². The van der Waals surface area contributed by atoms with Crippen LogP contribution in [0.15, 0.2) is 48.5 Å². The number of hydrogen-bond donors (Lipinski definition) is 3. The van der Waals surface area contributed by atoms with Gasteiger partial charge in [-0.25, -0.2) is 0 Å². The van der Waals surface area contributed by atoms with E-state index < -0.39 is 0 Å². The van der Waals surface area contributed by atoms with E-state index in [9.17, 15) is 14.4 Å². The largest absolute Gasteiger partial charge is 0.359 e. The number of carbonyl (C=O) groups is 3. The third-order valence-corrected chi connectivity index (χ3v) is 3.52. The van der Waals surface area contributed by atoms with Crippen LogP contribution in [-0.2, 0) is 27.2 Å². The highest BCUT2D eigenvalue weighted by Gasteiger charge is 2.06. The topological polar surface area (TPSA) is 87.3 Å². The van der Waals surface area contributed by atoms with Crippen LogP contribution in [0.3, 0.4) is 0 Å². The van der Waals surface area contributed by atoms with E-state index in [0.29, 0.717) is 17.8 Å². The maximum absolute atomic E-state index is 12.1. The molecule has 0 fully saturated rings. The van der Waals surface area contributed by atoms with Crippen molar-refractivity contribution in [2.75, 3.05) is 17.7 Å². The molecule has 2 aromatic carbocycles. The van der Waals surface area contributed by atoms with Crippen LogP contribution in [0.5, 0.6) is 0 Å². The van der Waals surface area contributed by atoms with Crippen molar-refractivity contribution in [2.45, 2.75) is 19.8 Å². The van der Waals surface area contributed by atoms with Crippen molar-refractivity contribution in [3.05, 3.63) is 59.7 Å². The summed E-state index contributed by atoms with van der Waals surface area (Å²) >= 11 is 0. The molecule has 0 aliphatic rings. The fourth-order valence-electron chi connectivity index (χ4n) is 2.28. The summed E-state index contributed by atoms with van der Waals surface area (Å²) in [5.74, 6) is -0.323. The first-order chi connectivity index (χ1) is 12.0. The van der Waals surface area contributed by atoms with E-state index in [2.05, 4.69) is 16.0 Å². The molecule has 0 saturated carbocycles. The number of carbonyl (C=O) groups excluding carboxylic acids is 3. The van der Waals surface area contributed by atoms with Gasteiger partial charge in [0.1, 0.15) is 0 Å². The quantitative estimate of drug-likeness (QED) is 0.753. The zero-order valence-electron chi connectivity index (χ0n) is 14.3. The summed E-state index contributed by atoms with van der Waals surface area (Å²) in [5, 5.41) is 8.07. The molecule has 0 bridgehead atoms. The molecular formula is C19H21N3O3. The molecule has 0 radical (unpaired) electrons. The molecule has 0 aliphatic heterocycles. The number of anilines is 2. The van der Waals surface area contributed by atoms with Crippen LogP contribution in [0.4, 0.5) is 11.4 Å². The second-order valence-electron chi connectivity index (χ2n) is 5.65. The molecule has 130 valence electrons. The number of likely N-dealkylation sites (N-methyl/N-ethyl adjacent to an activating group) is 1. The third-order valence-electron chi connectivity index (χ3n) is 3.52. The second kappa shape index (κ2) is 8.63. The van der Waals surface area contributed by atoms with Crippen molar-refractivity contribution in [2.24, 2.45) is 0 Å². The lowest BCUT2D eigenvalue weighted by molar-refractivity contribution is -0.120. The maximum Gasteiger partial charge on any atom is 0.228 e. The minimum atomic E-state index is -0.134. The predicted molar refractivity (Wildman–Crippen MR) is 97.3 cm³/mol. The van der Waals surface area contributed by atoms with Gasteiger partial charge in [-0.1, -0.05) is 24.3 Å². The van der Waals surface area contributed by atoms with Gasteiger partial charge in [0.15, 0.2) is 0 Å². The molecule has 3 N–H and O–H groups in total. The van der Waals surface area contributed by atoms with Crippen molar-refractivity contribution < 1.29 is 14.4 Å². The summed E-state index contributed by atoms with van der Waals surface area (Å²) in [5.41, 5.74) is 3.11. The Morgan fingerprint density at radius 3 is 1.60 bits per heavy atom. The van der Waals surface area contributed by atoms with E-state index in [1.807, 2.05) is 12.1 Å². The van der Waals surface area contributed by atoms with Crippen LogP contribution in [0, 0.1) is 0 Å². The number of hydrogen-bond acceptors (Lipinski definition) is 3. The Bertz CT molecular complexity index is 752. The molecular weight excluding hydrogens is 318 g/mol. The molecule has 0 spiro atoms. The summed E-state index contributed by atoms with van der Waals surface area (Å²) in [6.45, 7) is 1.45. The highest BCUT2D eigenvalue weighted by atomic mass is 16.2. The maximum atomic E-state index is 12.1. The van der Waals surface area contributed by atoms with Gasteiger partial charge >= 0.3 is 0 Å². The lowest BCUT2D eigenvalue weighted by Gasteiger charge is -2.08. The minimum Gasteiger partial charge on any atom is -0.359 e. The molecule has 25 heavy (non-hydrogen) atoms. The number of benzene rings is 2. The Balaban J connectivity index is 1.89. The third kappa shape index (κ3) is 6.10. The van der Waals surface area contributed by atoms with E-state index in [-0.39, 0.29) is 24.1 Å². The lowest BCUT2D eigenvalue weighted by Crippen LogP contribution is -2.20. The van der Waals surface area contributed by atoms with Crippen molar-refractivity contribution >= 4 is 29.1 Å². The molecule has 3 amide bonds. The van der Waals surface area contributed by atoms with Gasteiger partial charge in [-0.05, 0) is 35.4 Å². The van der Waals surface area contributed by atoms with E-state index in [1.54, 1.807) is 43.4 Å². The first-order valence-electron chi connectivity index (χ1n) is 7.92.